The van der Waals surface area contributed by atoms with Crippen molar-refractivity contribution in [2.45, 2.75) is 6.42 Å². The van der Waals surface area contributed by atoms with Gasteiger partial charge in [-0.1, -0.05) is 0 Å². The van der Waals surface area contributed by atoms with Crippen molar-refractivity contribution >= 4 is 17.4 Å². The Labute approximate surface area is 72.2 Å². The number of hydrogen-bond donors (Lipinski definition) is 1. The molecule has 0 saturated carbocycles. The molecule has 1 rings (SSSR count). The van der Waals surface area contributed by atoms with Crippen LogP contribution >= 0.6 is 11.6 Å². The van der Waals surface area contributed by atoms with Crippen molar-refractivity contribution in [3.05, 3.63) is 18.3 Å². The molecule has 0 spiro atoms. The molecular weight excluding hydrogens is 160 g/mol. The summed E-state index contributed by atoms with van der Waals surface area (Å²) in [6, 6.07) is 4.04. The Hall–Kier alpha value is -0.630. The second kappa shape index (κ2) is 4.29. The van der Waals surface area contributed by atoms with E-state index in [1.54, 1.807) is 0 Å². The molecule has 0 bridgehead atoms. The minimum atomic E-state index is 0.727. The lowest BCUT2D eigenvalue weighted by molar-refractivity contribution is 0.845. The van der Waals surface area contributed by atoms with Crippen LogP contribution in [-0.4, -0.2) is 24.5 Å². The molecule has 1 N–H and O–H groups in total. The largest absolute Gasteiger partial charge is 0.361 e. The smallest absolute Gasteiger partial charge is 0.105 e. The SMILES string of the molecule is CN(CCCCl)c1ccc[nH]1. The van der Waals surface area contributed by atoms with E-state index in [9.17, 15) is 0 Å². The second-order valence-corrected chi connectivity index (χ2v) is 2.90. The number of nitrogens with one attached hydrogen (secondary N) is 1. The van der Waals surface area contributed by atoms with E-state index in [0.717, 1.165) is 24.7 Å². The van der Waals surface area contributed by atoms with E-state index in [1.165, 1.54) is 0 Å². The summed E-state index contributed by atoms with van der Waals surface area (Å²) in [6.07, 6.45) is 2.95. The summed E-state index contributed by atoms with van der Waals surface area (Å²) in [4.78, 5) is 5.28. The molecule has 0 atom stereocenters. The zero-order valence-corrected chi connectivity index (χ0v) is 7.43. The fraction of sp³-hybridized carbons (Fsp3) is 0.500. The number of anilines is 1. The highest BCUT2D eigenvalue weighted by Crippen LogP contribution is 2.07. The number of hydrogen-bond acceptors (Lipinski definition) is 1. The van der Waals surface area contributed by atoms with Crippen molar-refractivity contribution in [3.8, 4) is 0 Å². The molecule has 0 amide bonds. The van der Waals surface area contributed by atoms with Crippen molar-refractivity contribution < 1.29 is 0 Å². The van der Waals surface area contributed by atoms with E-state index in [2.05, 4.69) is 16.9 Å². The maximum Gasteiger partial charge on any atom is 0.105 e. The summed E-state index contributed by atoms with van der Waals surface area (Å²) in [6.45, 7) is 1.00. The summed E-state index contributed by atoms with van der Waals surface area (Å²) in [5, 5.41) is 0. The maximum atomic E-state index is 5.57. The van der Waals surface area contributed by atoms with Crippen LogP contribution in [0.4, 0.5) is 5.82 Å². The molecular formula is C8H13ClN2. The first-order valence-electron chi connectivity index (χ1n) is 3.75. The number of aromatic amines is 1. The Morgan fingerprint density at radius 1 is 1.64 bits per heavy atom. The fourth-order valence-corrected chi connectivity index (χ4v) is 1.10. The number of H-pyrrole nitrogens is 1. The number of alkyl halides is 1. The normalized spacial score (nSPS) is 10.0. The summed E-state index contributed by atoms with van der Waals surface area (Å²) in [7, 11) is 2.05. The van der Waals surface area contributed by atoms with Gasteiger partial charge in [0.05, 0.1) is 0 Å². The molecule has 1 heterocycles. The van der Waals surface area contributed by atoms with Crippen molar-refractivity contribution in [1.29, 1.82) is 0 Å². The summed E-state index contributed by atoms with van der Waals surface area (Å²) >= 11 is 5.57. The van der Waals surface area contributed by atoms with Gasteiger partial charge in [-0.25, -0.2) is 0 Å². The van der Waals surface area contributed by atoms with Gasteiger partial charge in [0.15, 0.2) is 0 Å². The number of nitrogens with zero attached hydrogens (tertiary/aromatic N) is 1. The van der Waals surface area contributed by atoms with Gasteiger partial charge in [0, 0.05) is 25.7 Å². The third kappa shape index (κ3) is 2.46. The summed E-state index contributed by atoms with van der Waals surface area (Å²) in [5.74, 6) is 1.88. The molecule has 1 aromatic heterocycles. The van der Waals surface area contributed by atoms with E-state index in [-0.39, 0.29) is 0 Å². The van der Waals surface area contributed by atoms with Crippen LogP contribution in [0.3, 0.4) is 0 Å². The molecule has 0 radical (unpaired) electrons. The van der Waals surface area contributed by atoms with Crippen LogP contribution in [0.1, 0.15) is 6.42 Å². The van der Waals surface area contributed by atoms with Gasteiger partial charge in [-0.15, -0.1) is 11.6 Å². The third-order valence-corrected chi connectivity index (χ3v) is 1.89. The van der Waals surface area contributed by atoms with E-state index in [1.807, 2.05) is 18.3 Å². The van der Waals surface area contributed by atoms with Crippen molar-refractivity contribution in [2.75, 3.05) is 24.4 Å². The highest BCUT2D eigenvalue weighted by Gasteiger charge is 1.98. The average molecular weight is 173 g/mol. The van der Waals surface area contributed by atoms with Crippen molar-refractivity contribution in [1.82, 2.24) is 4.98 Å². The Bertz CT molecular complexity index is 184. The first-order valence-corrected chi connectivity index (χ1v) is 4.28. The molecule has 0 unspecified atom stereocenters. The molecule has 3 heteroatoms. The van der Waals surface area contributed by atoms with Crippen LogP contribution in [0.25, 0.3) is 0 Å². The van der Waals surface area contributed by atoms with Gasteiger partial charge in [-0.3, -0.25) is 0 Å². The van der Waals surface area contributed by atoms with Gasteiger partial charge < -0.3 is 9.88 Å². The van der Waals surface area contributed by atoms with Crippen LogP contribution < -0.4 is 4.90 Å². The predicted octanol–water partition coefficient (Wildman–Crippen LogP) is 2.08. The third-order valence-electron chi connectivity index (χ3n) is 1.62. The van der Waals surface area contributed by atoms with Gasteiger partial charge in [0.1, 0.15) is 5.82 Å². The van der Waals surface area contributed by atoms with Crippen LogP contribution in [0.5, 0.6) is 0 Å². The van der Waals surface area contributed by atoms with Crippen LogP contribution in [-0.2, 0) is 0 Å². The predicted molar refractivity (Wildman–Crippen MR) is 49.4 cm³/mol. The number of halogens is 1. The van der Waals surface area contributed by atoms with Gasteiger partial charge in [-0.05, 0) is 18.6 Å². The van der Waals surface area contributed by atoms with Crippen LogP contribution in [0.15, 0.2) is 18.3 Å². The Morgan fingerprint density at radius 2 is 2.45 bits per heavy atom. The molecule has 0 aliphatic carbocycles. The minimum Gasteiger partial charge on any atom is -0.361 e. The van der Waals surface area contributed by atoms with Crippen LogP contribution in [0.2, 0.25) is 0 Å². The zero-order valence-electron chi connectivity index (χ0n) is 6.68. The monoisotopic (exact) mass is 172 g/mol. The topological polar surface area (TPSA) is 19.0 Å². The molecule has 1 aromatic rings. The van der Waals surface area contributed by atoms with E-state index >= 15 is 0 Å². The highest BCUT2D eigenvalue weighted by atomic mass is 35.5. The van der Waals surface area contributed by atoms with Crippen molar-refractivity contribution in [2.24, 2.45) is 0 Å². The van der Waals surface area contributed by atoms with Crippen LogP contribution in [0, 0.1) is 0 Å². The molecule has 11 heavy (non-hydrogen) atoms. The van der Waals surface area contributed by atoms with Gasteiger partial charge >= 0.3 is 0 Å². The first kappa shape index (κ1) is 8.47. The van der Waals surface area contributed by atoms with Crippen molar-refractivity contribution in [3.63, 3.8) is 0 Å². The lowest BCUT2D eigenvalue weighted by Gasteiger charge is -2.15. The molecule has 0 fully saturated rings. The second-order valence-electron chi connectivity index (χ2n) is 2.52. The number of rotatable bonds is 4. The summed E-state index contributed by atoms with van der Waals surface area (Å²) in [5.41, 5.74) is 0. The lowest BCUT2D eigenvalue weighted by atomic mass is 10.4. The first-order chi connectivity index (χ1) is 5.34. The van der Waals surface area contributed by atoms with E-state index in [4.69, 9.17) is 11.6 Å². The van der Waals surface area contributed by atoms with Gasteiger partial charge in [0.2, 0.25) is 0 Å². The molecule has 0 aromatic carbocycles. The molecule has 2 nitrogen and oxygen atoms in total. The Balaban J connectivity index is 2.36. The van der Waals surface area contributed by atoms with E-state index < -0.39 is 0 Å². The quantitative estimate of drug-likeness (QED) is 0.690. The highest BCUT2D eigenvalue weighted by molar-refractivity contribution is 6.17. The van der Waals surface area contributed by atoms with Gasteiger partial charge in [0.25, 0.3) is 0 Å². The van der Waals surface area contributed by atoms with E-state index in [0.29, 0.717) is 0 Å². The summed E-state index contributed by atoms with van der Waals surface area (Å²) < 4.78 is 0. The van der Waals surface area contributed by atoms with Gasteiger partial charge in [-0.2, -0.15) is 0 Å². The minimum absolute atomic E-state index is 0.727. The molecule has 0 aliphatic heterocycles. The molecule has 0 saturated heterocycles. The Morgan fingerprint density at radius 3 is 3.00 bits per heavy atom. The molecule has 62 valence electrons. The lowest BCUT2D eigenvalue weighted by Crippen LogP contribution is -2.18. The Kier molecular flexibility index (Phi) is 3.30. The number of aromatic nitrogens is 1. The fourth-order valence-electron chi connectivity index (χ4n) is 0.976. The average Bonchev–Trinajstić information content (AvgIpc) is 2.52. The molecule has 0 aliphatic rings. The standard InChI is InChI=1S/C8H13ClN2/c1-11(7-3-5-9)8-4-2-6-10-8/h2,4,6,10H,3,5,7H2,1H3. The maximum absolute atomic E-state index is 5.57. The zero-order chi connectivity index (χ0) is 8.10.